The summed E-state index contributed by atoms with van der Waals surface area (Å²) in [5, 5.41) is 9.10. The van der Waals surface area contributed by atoms with E-state index in [0.29, 0.717) is 5.92 Å². The minimum Gasteiger partial charge on any atom is -0.597 e. The summed E-state index contributed by atoms with van der Waals surface area (Å²) in [6.07, 6.45) is 3.36. The van der Waals surface area contributed by atoms with Crippen LogP contribution >= 0.6 is 0 Å². The Bertz CT molecular complexity index is 298. The molecule has 2 fully saturated rings. The van der Waals surface area contributed by atoms with E-state index in [1.165, 1.54) is 6.42 Å². The molecule has 92 valence electrons. The van der Waals surface area contributed by atoms with Gasteiger partial charge in [0.25, 0.3) is 0 Å². The number of carboxylic acid groups (broad SMARTS) is 1. The smallest absolute Gasteiger partial charge is 0.327 e. The van der Waals surface area contributed by atoms with E-state index in [0.717, 1.165) is 12.8 Å². The monoisotopic (exact) mass is 245 g/mol. The Morgan fingerprint density at radius 2 is 2.00 bits per heavy atom. The van der Waals surface area contributed by atoms with Gasteiger partial charge in [-0.25, -0.2) is 0 Å². The molecule has 4 atom stereocenters. The van der Waals surface area contributed by atoms with Crippen LogP contribution in [0.25, 0.3) is 0 Å². The maximum Gasteiger partial charge on any atom is 0.327 e. The molecule has 0 aromatic heterocycles. The number of carboxylic acids is 1. The molecule has 1 N–H and O–H groups in total. The first-order valence-electron chi connectivity index (χ1n) is 5.77. The van der Waals surface area contributed by atoms with Crippen molar-refractivity contribution in [1.29, 1.82) is 0 Å². The lowest BCUT2D eigenvalue weighted by Gasteiger charge is -2.28. The van der Waals surface area contributed by atoms with Gasteiger partial charge >= 0.3 is 5.97 Å². The van der Waals surface area contributed by atoms with Crippen LogP contribution in [0.4, 0.5) is 0 Å². The van der Waals surface area contributed by atoms with E-state index < -0.39 is 23.4 Å². The second-order valence-electron chi connectivity index (χ2n) is 5.69. The molecule has 0 spiro atoms. The fraction of sp³-hybridized carbons (Fsp3) is 0.909. The van der Waals surface area contributed by atoms with Crippen molar-refractivity contribution in [1.82, 2.24) is 4.31 Å². The first-order chi connectivity index (χ1) is 7.34. The summed E-state index contributed by atoms with van der Waals surface area (Å²) < 4.78 is 13.5. The SMILES string of the molecule is CC(C)(C)[S@@+]([O-])[N@]1[C@H](C2CCC2)[C@@H]1C(=O)O. The molecule has 0 aromatic carbocycles. The lowest BCUT2D eigenvalue weighted by atomic mass is 9.82. The van der Waals surface area contributed by atoms with Crippen molar-refractivity contribution >= 4 is 17.3 Å². The van der Waals surface area contributed by atoms with Gasteiger partial charge in [0, 0.05) is 11.4 Å². The number of aliphatic carboxylic acids is 1. The Balaban J connectivity index is 2.06. The molecular weight excluding hydrogens is 226 g/mol. The van der Waals surface area contributed by atoms with E-state index in [2.05, 4.69) is 0 Å². The van der Waals surface area contributed by atoms with Gasteiger partial charge in [-0.15, -0.1) is 4.31 Å². The Hall–Kier alpha value is -0.260. The molecule has 1 saturated carbocycles. The Kier molecular flexibility index (Phi) is 2.97. The van der Waals surface area contributed by atoms with E-state index in [9.17, 15) is 9.35 Å². The number of hydrogen-bond donors (Lipinski definition) is 1. The van der Waals surface area contributed by atoms with Crippen molar-refractivity contribution in [3.05, 3.63) is 0 Å². The van der Waals surface area contributed by atoms with Crippen molar-refractivity contribution in [2.45, 2.75) is 56.9 Å². The maximum absolute atomic E-state index is 12.2. The van der Waals surface area contributed by atoms with E-state index in [-0.39, 0.29) is 10.8 Å². The molecule has 4 nitrogen and oxygen atoms in total. The van der Waals surface area contributed by atoms with Crippen LogP contribution in [-0.2, 0) is 16.2 Å². The van der Waals surface area contributed by atoms with Gasteiger partial charge in [-0.05, 0) is 39.5 Å². The van der Waals surface area contributed by atoms with Crippen LogP contribution in [0.5, 0.6) is 0 Å². The van der Waals surface area contributed by atoms with Crippen LogP contribution in [0.3, 0.4) is 0 Å². The lowest BCUT2D eigenvalue weighted by molar-refractivity contribution is -0.137. The molecule has 2 rings (SSSR count). The minimum atomic E-state index is -1.19. The van der Waals surface area contributed by atoms with Crippen molar-refractivity contribution in [3.8, 4) is 0 Å². The molecule has 0 amide bonds. The highest BCUT2D eigenvalue weighted by Gasteiger charge is 2.66. The number of nitrogens with zero attached hydrogens (tertiary/aromatic N) is 1. The predicted molar refractivity (Wildman–Crippen MR) is 62.3 cm³/mol. The zero-order valence-electron chi connectivity index (χ0n) is 9.97. The third-order valence-electron chi connectivity index (χ3n) is 3.40. The highest BCUT2D eigenvalue weighted by Crippen LogP contribution is 2.47. The summed E-state index contributed by atoms with van der Waals surface area (Å²) in [4.78, 5) is 11.1. The van der Waals surface area contributed by atoms with Crippen LogP contribution < -0.4 is 0 Å². The lowest BCUT2D eigenvalue weighted by Crippen LogP contribution is -2.36. The second kappa shape index (κ2) is 3.89. The summed E-state index contributed by atoms with van der Waals surface area (Å²) >= 11 is -1.19. The quantitative estimate of drug-likeness (QED) is 0.603. The molecule has 2 aliphatic rings. The maximum atomic E-state index is 12.2. The first kappa shape index (κ1) is 12.2. The third-order valence-corrected chi connectivity index (χ3v) is 5.30. The number of hydrogen-bond acceptors (Lipinski definition) is 3. The fourth-order valence-electron chi connectivity index (χ4n) is 2.26. The average Bonchev–Trinajstić information content (AvgIpc) is 2.73. The Morgan fingerprint density at radius 1 is 1.44 bits per heavy atom. The molecule has 1 saturated heterocycles. The Morgan fingerprint density at radius 3 is 2.31 bits per heavy atom. The van der Waals surface area contributed by atoms with Crippen molar-refractivity contribution in [2.24, 2.45) is 5.92 Å². The van der Waals surface area contributed by atoms with Crippen LogP contribution in [0, 0.1) is 5.92 Å². The summed E-state index contributed by atoms with van der Waals surface area (Å²) in [5.41, 5.74) is 0. The molecular formula is C11H19NO3S. The summed E-state index contributed by atoms with van der Waals surface area (Å²) in [6.45, 7) is 5.66. The van der Waals surface area contributed by atoms with Gasteiger partial charge in [-0.2, -0.15) is 0 Å². The fourth-order valence-corrected chi connectivity index (χ4v) is 3.77. The molecule has 0 unspecified atom stereocenters. The average molecular weight is 245 g/mol. The zero-order chi connectivity index (χ0) is 12.1. The van der Waals surface area contributed by atoms with E-state index in [1.807, 2.05) is 20.8 Å². The van der Waals surface area contributed by atoms with Crippen LogP contribution in [-0.4, -0.2) is 36.8 Å². The van der Waals surface area contributed by atoms with Crippen LogP contribution in [0.2, 0.25) is 0 Å². The van der Waals surface area contributed by atoms with Gasteiger partial charge < -0.3 is 9.66 Å². The molecule has 5 heteroatoms. The second-order valence-corrected chi connectivity index (χ2v) is 7.83. The standard InChI is InChI=1S/C11H19NO3S/c1-11(2,3)16(15)12-8(7-5-4-6-7)9(12)10(13)14/h7-9H,4-6H2,1-3H3,(H,13,14)/t8-,9-,12-,16-/m1/s1. The van der Waals surface area contributed by atoms with Gasteiger partial charge in [0.05, 0.1) is 6.04 Å². The topological polar surface area (TPSA) is 63.4 Å². The largest absolute Gasteiger partial charge is 0.597 e. The van der Waals surface area contributed by atoms with Crippen molar-refractivity contribution in [3.63, 3.8) is 0 Å². The molecule has 0 radical (unpaired) electrons. The van der Waals surface area contributed by atoms with Gasteiger partial charge in [0.2, 0.25) is 0 Å². The van der Waals surface area contributed by atoms with Crippen molar-refractivity contribution < 1.29 is 14.5 Å². The van der Waals surface area contributed by atoms with Crippen LogP contribution in [0.15, 0.2) is 0 Å². The highest BCUT2D eigenvalue weighted by atomic mass is 32.2. The Labute approximate surface area is 99.3 Å². The van der Waals surface area contributed by atoms with E-state index >= 15 is 0 Å². The molecule has 1 aliphatic heterocycles. The minimum absolute atomic E-state index is 0.0197. The number of rotatable bonds is 3. The van der Waals surface area contributed by atoms with Crippen LogP contribution in [0.1, 0.15) is 40.0 Å². The highest BCUT2D eigenvalue weighted by molar-refractivity contribution is 7.90. The van der Waals surface area contributed by atoms with Gasteiger partial charge in [0.15, 0.2) is 6.04 Å². The zero-order valence-corrected chi connectivity index (χ0v) is 10.8. The number of carbonyl (C=O) groups is 1. The van der Waals surface area contributed by atoms with Gasteiger partial charge in [0.1, 0.15) is 4.75 Å². The first-order valence-corrected chi connectivity index (χ1v) is 6.88. The summed E-state index contributed by atoms with van der Waals surface area (Å²) in [5.74, 6) is -0.373. The molecule has 16 heavy (non-hydrogen) atoms. The molecule has 0 aromatic rings. The molecule has 1 aliphatic carbocycles. The third kappa shape index (κ3) is 1.96. The summed E-state index contributed by atoms with van der Waals surface area (Å²) in [7, 11) is 0. The predicted octanol–water partition coefficient (Wildman–Crippen LogP) is 1.39. The van der Waals surface area contributed by atoms with Gasteiger partial charge in [-0.1, -0.05) is 6.42 Å². The molecule has 0 bridgehead atoms. The summed E-state index contributed by atoms with van der Waals surface area (Å²) in [6, 6.07) is -0.489. The van der Waals surface area contributed by atoms with Crippen molar-refractivity contribution in [2.75, 3.05) is 0 Å². The normalized spacial score (nSPS) is 36.6. The van der Waals surface area contributed by atoms with E-state index in [4.69, 9.17) is 5.11 Å². The van der Waals surface area contributed by atoms with E-state index in [1.54, 1.807) is 4.31 Å². The molecule has 1 heterocycles. The van der Waals surface area contributed by atoms with Gasteiger partial charge in [-0.3, -0.25) is 4.79 Å².